The fourth-order valence-electron chi connectivity index (χ4n) is 2.47. The third-order valence-electron chi connectivity index (χ3n) is 3.70. The van der Waals surface area contributed by atoms with E-state index in [9.17, 15) is 9.90 Å². The summed E-state index contributed by atoms with van der Waals surface area (Å²) in [6, 6.07) is 7.54. The highest BCUT2D eigenvalue weighted by Crippen LogP contribution is 2.17. The van der Waals surface area contributed by atoms with Crippen molar-refractivity contribution in [1.82, 2.24) is 5.32 Å². The van der Waals surface area contributed by atoms with Crippen LogP contribution < -0.4 is 10.1 Å². The van der Waals surface area contributed by atoms with Crippen molar-refractivity contribution in [2.75, 3.05) is 13.2 Å². The summed E-state index contributed by atoms with van der Waals surface area (Å²) in [4.78, 5) is 11.1. The number of ether oxygens (including phenoxy) is 1. The van der Waals surface area contributed by atoms with Crippen molar-refractivity contribution >= 4 is 18.2 Å². The molecule has 1 atom stereocenters. The number of halogens is 1. The van der Waals surface area contributed by atoms with Gasteiger partial charge in [-0.25, -0.2) is 0 Å². The van der Waals surface area contributed by atoms with E-state index >= 15 is 0 Å². The Morgan fingerprint density at radius 3 is 2.52 bits per heavy atom. The monoisotopic (exact) mass is 313 g/mol. The van der Waals surface area contributed by atoms with Crippen LogP contribution >= 0.6 is 12.4 Å². The predicted molar refractivity (Wildman–Crippen MR) is 85.5 cm³/mol. The van der Waals surface area contributed by atoms with Gasteiger partial charge in [-0.15, -0.1) is 12.4 Å². The first-order valence-corrected chi connectivity index (χ1v) is 7.30. The normalized spacial score (nSPS) is 16.3. The van der Waals surface area contributed by atoms with Crippen LogP contribution in [0.25, 0.3) is 0 Å². The lowest BCUT2D eigenvalue weighted by Gasteiger charge is -2.16. The maximum absolute atomic E-state index is 11.1. The summed E-state index contributed by atoms with van der Waals surface area (Å²) in [5, 5.41) is 13.2. The number of rotatable bonds is 7. The molecular weight excluding hydrogens is 290 g/mol. The summed E-state index contributed by atoms with van der Waals surface area (Å²) in [5.41, 5.74) is 0.667. The van der Waals surface area contributed by atoms with Crippen LogP contribution in [0.15, 0.2) is 24.3 Å². The molecule has 1 aromatic rings. The van der Waals surface area contributed by atoms with Gasteiger partial charge in [-0.05, 0) is 44.0 Å². The third kappa shape index (κ3) is 6.04. The van der Waals surface area contributed by atoms with Crippen molar-refractivity contribution in [2.45, 2.75) is 44.8 Å². The van der Waals surface area contributed by atoms with Gasteiger partial charge in [0.1, 0.15) is 18.5 Å². The van der Waals surface area contributed by atoms with E-state index in [1.165, 1.54) is 32.6 Å². The summed E-state index contributed by atoms with van der Waals surface area (Å²) in [6.45, 7) is 2.36. The van der Waals surface area contributed by atoms with Crippen molar-refractivity contribution in [2.24, 2.45) is 0 Å². The van der Waals surface area contributed by atoms with Crippen LogP contribution in [-0.4, -0.2) is 36.2 Å². The van der Waals surface area contributed by atoms with E-state index in [0.717, 1.165) is 0 Å². The Hall–Kier alpha value is -1.10. The summed E-state index contributed by atoms with van der Waals surface area (Å²) in [7, 11) is 0. The van der Waals surface area contributed by atoms with E-state index in [0.29, 0.717) is 23.9 Å². The number of carbonyl (C=O) groups excluding carboxylic acids is 1. The Morgan fingerprint density at radius 1 is 1.33 bits per heavy atom. The van der Waals surface area contributed by atoms with E-state index in [1.54, 1.807) is 24.3 Å². The molecule has 21 heavy (non-hydrogen) atoms. The molecule has 1 unspecified atom stereocenters. The Morgan fingerprint density at radius 2 is 1.95 bits per heavy atom. The van der Waals surface area contributed by atoms with E-state index in [4.69, 9.17) is 4.74 Å². The Labute approximate surface area is 132 Å². The van der Waals surface area contributed by atoms with Gasteiger partial charge in [0, 0.05) is 18.2 Å². The molecule has 0 bridgehead atoms. The van der Waals surface area contributed by atoms with E-state index in [-0.39, 0.29) is 24.8 Å². The molecule has 5 heteroatoms. The largest absolute Gasteiger partial charge is 0.491 e. The minimum Gasteiger partial charge on any atom is -0.491 e. The highest BCUT2D eigenvalue weighted by atomic mass is 35.5. The molecule has 2 N–H and O–H groups in total. The average molecular weight is 314 g/mol. The maximum Gasteiger partial charge on any atom is 0.159 e. The zero-order valence-corrected chi connectivity index (χ0v) is 13.2. The van der Waals surface area contributed by atoms with E-state index in [2.05, 4.69) is 5.32 Å². The van der Waals surface area contributed by atoms with Crippen LogP contribution in [0.4, 0.5) is 0 Å². The Balaban J connectivity index is 0.00000220. The molecular formula is C16H24ClNO3. The second-order valence-electron chi connectivity index (χ2n) is 5.44. The number of carbonyl (C=O) groups is 1. The van der Waals surface area contributed by atoms with Crippen molar-refractivity contribution in [1.29, 1.82) is 0 Å². The van der Waals surface area contributed by atoms with Crippen LogP contribution in [0.3, 0.4) is 0 Å². The number of nitrogens with one attached hydrogen (secondary N) is 1. The van der Waals surface area contributed by atoms with Crippen LogP contribution in [0, 0.1) is 0 Å². The Kier molecular flexibility index (Phi) is 7.72. The van der Waals surface area contributed by atoms with Crippen LogP contribution in [0.1, 0.15) is 43.0 Å². The number of hydrogen-bond donors (Lipinski definition) is 2. The lowest BCUT2D eigenvalue weighted by Crippen LogP contribution is -2.36. The van der Waals surface area contributed by atoms with Gasteiger partial charge in [0.05, 0.1) is 0 Å². The summed E-state index contributed by atoms with van der Waals surface area (Å²) in [6.07, 6.45) is 4.47. The fraction of sp³-hybridized carbons (Fsp3) is 0.562. The van der Waals surface area contributed by atoms with Crippen molar-refractivity contribution in [3.05, 3.63) is 29.8 Å². The second kappa shape index (κ2) is 9.03. The molecule has 1 fully saturated rings. The van der Waals surface area contributed by atoms with Gasteiger partial charge in [-0.3, -0.25) is 4.79 Å². The summed E-state index contributed by atoms with van der Waals surface area (Å²) >= 11 is 0. The summed E-state index contributed by atoms with van der Waals surface area (Å²) in [5.74, 6) is 0.715. The molecule has 0 aliphatic heterocycles. The maximum atomic E-state index is 11.1. The van der Waals surface area contributed by atoms with Gasteiger partial charge in [0.15, 0.2) is 5.78 Å². The van der Waals surface area contributed by atoms with E-state index in [1.807, 2.05) is 0 Å². The quantitative estimate of drug-likeness (QED) is 0.760. The predicted octanol–water partition coefficient (Wildman–Crippen LogP) is 2.58. The number of Topliss-reactive ketones (excluding diaryl/α,β-unsaturated/α-hetero) is 1. The molecule has 2 rings (SSSR count). The Bertz CT molecular complexity index is 430. The molecule has 4 nitrogen and oxygen atoms in total. The van der Waals surface area contributed by atoms with Gasteiger partial charge in [-0.2, -0.15) is 0 Å². The molecule has 0 radical (unpaired) electrons. The number of aliphatic hydroxyl groups is 1. The smallest absolute Gasteiger partial charge is 0.159 e. The van der Waals surface area contributed by atoms with Gasteiger partial charge in [-0.1, -0.05) is 12.8 Å². The standard InChI is InChI=1S/C16H23NO3.ClH/c1-12(18)13-6-8-16(9-7-13)20-11-15(19)10-17-14-4-2-3-5-14;/h6-9,14-15,17,19H,2-5,10-11H2,1H3;1H. The van der Waals surface area contributed by atoms with Crippen molar-refractivity contribution in [3.8, 4) is 5.75 Å². The SMILES string of the molecule is CC(=O)c1ccc(OCC(O)CNC2CCCC2)cc1.Cl. The topological polar surface area (TPSA) is 58.6 Å². The molecule has 0 amide bonds. The first-order valence-electron chi connectivity index (χ1n) is 7.30. The minimum absolute atomic E-state index is 0. The number of aliphatic hydroxyl groups excluding tert-OH is 1. The lowest BCUT2D eigenvalue weighted by atomic mass is 10.1. The van der Waals surface area contributed by atoms with Crippen LogP contribution in [0.5, 0.6) is 5.75 Å². The molecule has 0 saturated heterocycles. The lowest BCUT2D eigenvalue weighted by molar-refractivity contribution is 0.101. The van der Waals surface area contributed by atoms with Gasteiger partial charge >= 0.3 is 0 Å². The summed E-state index contributed by atoms with van der Waals surface area (Å²) < 4.78 is 5.52. The zero-order valence-electron chi connectivity index (χ0n) is 12.4. The first kappa shape index (κ1) is 18.0. The molecule has 0 heterocycles. The highest BCUT2D eigenvalue weighted by Gasteiger charge is 2.15. The first-order chi connectivity index (χ1) is 9.65. The third-order valence-corrected chi connectivity index (χ3v) is 3.70. The number of benzene rings is 1. The molecule has 1 saturated carbocycles. The van der Waals surface area contributed by atoms with Gasteiger partial charge in [0.2, 0.25) is 0 Å². The van der Waals surface area contributed by atoms with Crippen molar-refractivity contribution in [3.63, 3.8) is 0 Å². The molecule has 1 aliphatic carbocycles. The number of hydrogen-bond acceptors (Lipinski definition) is 4. The number of ketones is 1. The van der Waals surface area contributed by atoms with Crippen LogP contribution in [0.2, 0.25) is 0 Å². The van der Waals surface area contributed by atoms with Gasteiger partial charge in [0.25, 0.3) is 0 Å². The molecule has 0 spiro atoms. The average Bonchev–Trinajstić information content (AvgIpc) is 2.96. The fourth-order valence-corrected chi connectivity index (χ4v) is 2.47. The van der Waals surface area contributed by atoms with Gasteiger partial charge < -0.3 is 15.2 Å². The van der Waals surface area contributed by atoms with E-state index < -0.39 is 6.10 Å². The van der Waals surface area contributed by atoms with Crippen LogP contribution in [-0.2, 0) is 0 Å². The zero-order chi connectivity index (χ0) is 14.4. The highest BCUT2D eigenvalue weighted by molar-refractivity contribution is 5.94. The molecule has 0 aromatic heterocycles. The molecule has 1 aromatic carbocycles. The second-order valence-corrected chi connectivity index (χ2v) is 5.44. The minimum atomic E-state index is -0.511. The van der Waals surface area contributed by atoms with Crippen molar-refractivity contribution < 1.29 is 14.6 Å². The molecule has 118 valence electrons. The molecule has 1 aliphatic rings.